The van der Waals surface area contributed by atoms with E-state index in [2.05, 4.69) is 5.32 Å². The van der Waals surface area contributed by atoms with Gasteiger partial charge in [-0.15, -0.1) is 0 Å². The van der Waals surface area contributed by atoms with Crippen LogP contribution in [0.5, 0.6) is 0 Å². The monoisotopic (exact) mass is 244 g/mol. The normalized spacial score (nSPS) is 16.4. The lowest BCUT2D eigenvalue weighted by molar-refractivity contribution is -0.137. The van der Waals surface area contributed by atoms with Gasteiger partial charge in [0.2, 0.25) is 0 Å². The second-order valence-electron chi connectivity index (χ2n) is 4.04. The lowest BCUT2D eigenvalue weighted by Crippen LogP contribution is -2.41. The molecular formula is C11H20N2O4. The molecular weight excluding hydrogens is 224 g/mol. The van der Waals surface area contributed by atoms with Crippen LogP contribution in [-0.2, 0) is 9.53 Å². The highest BCUT2D eigenvalue weighted by Crippen LogP contribution is 2.00. The fourth-order valence-electron chi connectivity index (χ4n) is 1.66. The van der Waals surface area contributed by atoms with Gasteiger partial charge in [-0.1, -0.05) is 0 Å². The summed E-state index contributed by atoms with van der Waals surface area (Å²) < 4.78 is 5.26. The van der Waals surface area contributed by atoms with Gasteiger partial charge in [-0.25, -0.2) is 4.79 Å². The highest BCUT2D eigenvalue weighted by molar-refractivity contribution is 5.74. The summed E-state index contributed by atoms with van der Waals surface area (Å²) in [6.07, 6.45) is 2.32. The lowest BCUT2D eigenvalue weighted by Gasteiger charge is -2.19. The number of urea groups is 1. The van der Waals surface area contributed by atoms with Crippen LogP contribution in [0.4, 0.5) is 4.79 Å². The molecule has 17 heavy (non-hydrogen) atoms. The third-order valence-electron chi connectivity index (χ3n) is 2.60. The maximum Gasteiger partial charge on any atom is 0.317 e. The summed E-state index contributed by atoms with van der Waals surface area (Å²) in [4.78, 5) is 23.7. The molecule has 1 heterocycles. The minimum absolute atomic E-state index is 0.0779. The van der Waals surface area contributed by atoms with Crippen molar-refractivity contribution in [2.24, 2.45) is 0 Å². The molecule has 0 saturated carbocycles. The van der Waals surface area contributed by atoms with E-state index in [-0.39, 0.29) is 12.5 Å². The highest BCUT2D eigenvalue weighted by atomic mass is 16.5. The summed E-state index contributed by atoms with van der Waals surface area (Å²) in [5.41, 5.74) is 0. The van der Waals surface area contributed by atoms with Gasteiger partial charge < -0.3 is 20.1 Å². The van der Waals surface area contributed by atoms with E-state index in [1.54, 1.807) is 4.90 Å². The van der Waals surface area contributed by atoms with Crippen molar-refractivity contribution in [1.29, 1.82) is 0 Å². The molecule has 6 heteroatoms. The summed E-state index contributed by atoms with van der Waals surface area (Å²) in [6, 6.07) is -0.0779. The summed E-state index contributed by atoms with van der Waals surface area (Å²) in [6.45, 7) is 3.18. The Morgan fingerprint density at radius 3 is 2.82 bits per heavy atom. The quantitative estimate of drug-likeness (QED) is 0.697. The first-order chi connectivity index (χ1) is 8.20. The molecule has 0 radical (unpaired) electrons. The van der Waals surface area contributed by atoms with Crippen molar-refractivity contribution in [3.05, 3.63) is 0 Å². The molecule has 0 unspecified atom stereocenters. The van der Waals surface area contributed by atoms with Gasteiger partial charge in [0.15, 0.2) is 0 Å². The fraction of sp³-hybridized carbons (Fsp3) is 0.818. The van der Waals surface area contributed by atoms with Crippen LogP contribution in [0.2, 0.25) is 0 Å². The first-order valence-corrected chi connectivity index (χ1v) is 6.02. The predicted octanol–water partition coefficient (Wildman–Crippen LogP) is 0.673. The maximum absolute atomic E-state index is 11.7. The van der Waals surface area contributed by atoms with E-state index in [1.165, 1.54) is 0 Å². The third kappa shape index (κ3) is 6.11. The Morgan fingerprint density at radius 2 is 2.06 bits per heavy atom. The Kier molecular flexibility index (Phi) is 6.39. The van der Waals surface area contributed by atoms with Crippen LogP contribution in [0, 0.1) is 0 Å². The molecule has 1 saturated heterocycles. The molecule has 0 aromatic heterocycles. The van der Waals surface area contributed by atoms with E-state index < -0.39 is 5.97 Å². The molecule has 0 atom stereocenters. The molecule has 0 bridgehead atoms. The van der Waals surface area contributed by atoms with Crippen molar-refractivity contribution in [3.63, 3.8) is 0 Å². The Morgan fingerprint density at radius 1 is 1.24 bits per heavy atom. The zero-order chi connectivity index (χ0) is 12.5. The summed E-state index contributed by atoms with van der Waals surface area (Å²) in [5.74, 6) is -0.791. The Balaban J connectivity index is 2.09. The van der Waals surface area contributed by atoms with Gasteiger partial charge in [-0.3, -0.25) is 4.79 Å². The average molecular weight is 244 g/mol. The Labute approximate surface area is 101 Å². The van der Waals surface area contributed by atoms with E-state index in [0.29, 0.717) is 39.1 Å². The summed E-state index contributed by atoms with van der Waals surface area (Å²) >= 11 is 0. The predicted molar refractivity (Wildman–Crippen MR) is 61.9 cm³/mol. The van der Waals surface area contributed by atoms with Gasteiger partial charge in [-0.2, -0.15) is 0 Å². The van der Waals surface area contributed by atoms with Crippen LogP contribution in [0.25, 0.3) is 0 Å². The Bertz CT molecular complexity index is 250. The number of carboxylic acids is 1. The zero-order valence-electron chi connectivity index (χ0n) is 9.98. The number of hydrogen-bond acceptors (Lipinski definition) is 3. The van der Waals surface area contributed by atoms with Gasteiger partial charge in [-0.05, 0) is 19.3 Å². The average Bonchev–Trinajstić information content (AvgIpc) is 2.56. The van der Waals surface area contributed by atoms with Crippen LogP contribution in [0.1, 0.15) is 25.7 Å². The first kappa shape index (κ1) is 13.8. The molecule has 0 spiro atoms. The van der Waals surface area contributed by atoms with E-state index in [0.717, 1.165) is 13.0 Å². The number of hydrogen-bond donors (Lipinski definition) is 2. The van der Waals surface area contributed by atoms with Gasteiger partial charge in [0.1, 0.15) is 0 Å². The number of carbonyl (C=O) groups excluding carboxylic acids is 1. The third-order valence-corrected chi connectivity index (χ3v) is 2.60. The van der Waals surface area contributed by atoms with E-state index in [9.17, 15) is 9.59 Å². The van der Waals surface area contributed by atoms with Gasteiger partial charge in [0, 0.05) is 32.7 Å². The molecule has 2 N–H and O–H groups in total. The van der Waals surface area contributed by atoms with Crippen LogP contribution in [0.15, 0.2) is 0 Å². The standard InChI is InChI=1S/C11H20N2O4/c14-10(15)4-1-2-5-12-11(16)13-6-3-8-17-9-7-13/h1-9H2,(H,12,16)(H,14,15). The van der Waals surface area contributed by atoms with Crippen molar-refractivity contribution in [2.45, 2.75) is 25.7 Å². The largest absolute Gasteiger partial charge is 0.481 e. The Hall–Kier alpha value is -1.30. The first-order valence-electron chi connectivity index (χ1n) is 6.02. The van der Waals surface area contributed by atoms with Gasteiger partial charge in [0.25, 0.3) is 0 Å². The van der Waals surface area contributed by atoms with Gasteiger partial charge >= 0.3 is 12.0 Å². The van der Waals surface area contributed by atoms with E-state index >= 15 is 0 Å². The van der Waals surface area contributed by atoms with Crippen molar-refractivity contribution in [3.8, 4) is 0 Å². The molecule has 1 fully saturated rings. The number of carboxylic acid groups (broad SMARTS) is 1. The molecule has 0 aromatic carbocycles. The number of aliphatic carboxylic acids is 1. The number of rotatable bonds is 5. The van der Waals surface area contributed by atoms with Crippen molar-refractivity contribution >= 4 is 12.0 Å². The second-order valence-corrected chi connectivity index (χ2v) is 4.04. The fourth-order valence-corrected chi connectivity index (χ4v) is 1.66. The topological polar surface area (TPSA) is 78.9 Å². The van der Waals surface area contributed by atoms with Crippen LogP contribution in [-0.4, -0.2) is 54.9 Å². The molecule has 1 aliphatic heterocycles. The van der Waals surface area contributed by atoms with Gasteiger partial charge in [0.05, 0.1) is 6.61 Å². The minimum Gasteiger partial charge on any atom is -0.481 e. The van der Waals surface area contributed by atoms with E-state index in [1.807, 2.05) is 0 Å². The second kappa shape index (κ2) is 7.89. The molecule has 1 aliphatic rings. The molecule has 0 aromatic rings. The number of nitrogens with one attached hydrogen (secondary N) is 1. The smallest absolute Gasteiger partial charge is 0.317 e. The molecule has 0 aliphatic carbocycles. The molecule has 1 rings (SSSR count). The SMILES string of the molecule is O=C(O)CCCCNC(=O)N1CCCOCC1. The number of amides is 2. The lowest BCUT2D eigenvalue weighted by atomic mass is 10.2. The number of ether oxygens (including phenoxy) is 1. The summed E-state index contributed by atoms with van der Waals surface area (Å²) in [7, 11) is 0. The van der Waals surface area contributed by atoms with Crippen molar-refractivity contribution in [1.82, 2.24) is 10.2 Å². The molecule has 2 amide bonds. The van der Waals surface area contributed by atoms with Crippen LogP contribution < -0.4 is 5.32 Å². The van der Waals surface area contributed by atoms with Crippen molar-refractivity contribution < 1.29 is 19.4 Å². The van der Waals surface area contributed by atoms with Crippen LogP contribution in [0.3, 0.4) is 0 Å². The number of nitrogens with zero attached hydrogens (tertiary/aromatic N) is 1. The molecule has 6 nitrogen and oxygen atoms in total. The number of carbonyl (C=O) groups is 2. The maximum atomic E-state index is 11.7. The minimum atomic E-state index is -0.791. The zero-order valence-corrected chi connectivity index (χ0v) is 9.98. The van der Waals surface area contributed by atoms with Crippen LogP contribution >= 0.6 is 0 Å². The summed E-state index contributed by atoms with van der Waals surface area (Å²) in [5, 5.41) is 11.2. The molecule has 98 valence electrons. The van der Waals surface area contributed by atoms with E-state index in [4.69, 9.17) is 9.84 Å². The van der Waals surface area contributed by atoms with Crippen molar-refractivity contribution in [2.75, 3.05) is 32.8 Å². The number of unbranched alkanes of at least 4 members (excludes halogenated alkanes) is 1. The highest BCUT2D eigenvalue weighted by Gasteiger charge is 2.14.